The van der Waals surface area contributed by atoms with E-state index < -0.39 is 54.4 Å². The van der Waals surface area contributed by atoms with Crippen LogP contribution in [0.3, 0.4) is 0 Å². The van der Waals surface area contributed by atoms with Crippen LogP contribution in [0.15, 0.2) is 41.3 Å². The highest BCUT2D eigenvalue weighted by atomic mass is 35.5. The van der Waals surface area contributed by atoms with E-state index in [0.717, 1.165) is 4.57 Å². The van der Waals surface area contributed by atoms with Gasteiger partial charge in [-0.15, -0.1) is 0 Å². The maximum atomic E-state index is 13.2. The molecule has 0 saturated heterocycles. The van der Waals surface area contributed by atoms with Crippen molar-refractivity contribution in [3.63, 3.8) is 0 Å². The summed E-state index contributed by atoms with van der Waals surface area (Å²) in [7, 11) is 0. The number of alkyl halides is 1. The molecule has 2 rings (SSSR count). The number of hydrazine groups is 1. The van der Waals surface area contributed by atoms with Crippen molar-refractivity contribution in [2.75, 3.05) is 30.5 Å². The van der Waals surface area contributed by atoms with Gasteiger partial charge in [-0.1, -0.05) is 25.4 Å². The number of benzene rings is 1. The molecule has 39 heavy (non-hydrogen) atoms. The van der Waals surface area contributed by atoms with Crippen LogP contribution in [0, 0.1) is 5.92 Å². The molecule has 2 aromatic rings. The second-order valence-electron chi connectivity index (χ2n) is 8.55. The van der Waals surface area contributed by atoms with Gasteiger partial charge in [-0.05, 0) is 43.2 Å². The molecule has 0 spiro atoms. The van der Waals surface area contributed by atoms with E-state index in [-0.39, 0.29) is 28.8 Å². The molecule has 0 saturated carbocycles. The Kier molecular flexibility index (Phi) is 11.2. The monoisotopic (exact) mass is 565 g/mol. The predicted molar refractivity (Wildman–Crippen MR) is 141 cm³/mol. The van der Waals surface area contributed by atoms with Gasteiger partial charge < -0.3 is 19.9 Å². The van der Waals surface area contributed by atoms with E-state index in [1.807, 2.05) is 0 Å². The molecule has 0 aliphatic carbocycles. The highest BCUT2D eigenvalue weighted by molar-refractivity contribution is 6.34. The van der Waals surface area contributed by atoms with Crippen LogP contribution in [0.25, 0.3) is 0 Å². The minimum absolute atomic E-state index is 0.0125. The predicted octanol–water partition coefficient (Wildman–Crippen LogP) is 2.30. The summed E-state index contributed by atoms with van der Waals surface area (Å²) in [5, 5.41) is 5.58. The lowest BCUT2D eigenvalue weighted by atomic mass is 10.0. The minimum Gasteiger partial charge on any atom is -0.465 e. The van der Waals surface area contributed by atoms with Crippen LogP contribution in [0.4, 0.5) is 15.8 Å². The third-order valence-corrected chi connectivity index (χ3v) is 5.53. The molecule has 1 unspecified atom stereocenters. The first-order valence-electron chi connectivity index (χ1n) is 11.8. The van der Waals surface area contributed by atoms with E-state index in [1.165, 1.54) is 43.5 Å². The molecular formula is C25H29ClFN5O7. The first kappa shape index (κ1) is 31.0. The quantitative estimate of drug-likeness (QED) is 0.295. The molecule has 3 N–H and O–H groups in total. The lowest BCUT2D eigenvalue weighted by Gasteiger charge is -2.27. The van der Waals surface area contributed by atoms with Gasteiger partial charge in [-0.3, -0.25) is 34.2 Å². The number of ether oxygens (including phenoxy) is 1. The first-order valence-corrected chi connectivity index (χ1v) is 12.2. The molecule has 1 aromatic heterocycles. The molecule has 0 aliphatic heterocycles. The Labute approximate surface area is 228 Å². The fourth-order valence-electron chi connectivity index (χ4n) is 3.51. The van der Waals surface area contributed by atoms with Crippen molar-refractivity contribution in [3.8, 4) is 0 Å². The van der Waals surface area contributed by atoms with Crippen LogP contribution in [0.2, 0.25) is 5.02 Å². The lowest BCUT2D eigenvalue weighted by molar-refractivity contribution is -0.154. The van der Waals surface area contributed by atoms with E-state index in [0.29, 0.717) is 10.7 Å². The molecule has 1 atom stereocenters. The van der Waals surface area contributed by atoms with Gasteiger partial charge in [-0.25, -0.2) is 9.40 Å². The molecule has 210 valence electrons. The smallest absolute Gasteiger partial charge is 0.327 e. The Hall–Kier alpha value is -4.26. The number of esters is 1. The van der Waals surface area contributed by atoms with Crippen molar-refractivity contribution >= 4 is 52.6 Å². The molecule has 1 heterocycles. The summed E-state index contributed by atoms with van der Waals surface area (Å²) in [6.45, 7) is 3.91. The fraction of sp³-hybridized carbons (Fsp3) is 0.360. The van der Waals surface area contributed by atoms with Gasteiger partial charge in [0.05, 0.1) is 17.3 Å². The Morgan fingerprint density at radius 2 is 1.79 bits per heavy atom. The van der Waals surface area contributed by atoms with Crippen molar-refractivity contribution in [1.82, 2.24) is 15.0 Å². The standard InChI is InChI=1S/C25H29ClFN5O7/c1-5-39-21(35)13-32(20(34)12-27)30-24(37)22(14(2)3)31-10-6-7-19(25(31)38)29-23(36)16-8-9-18(17(26)11-16)28-15(4)33/h6-11,14,22H,5,12-13H2,1-4H3,(H,28,33)(H,29,36)(H,30,37). The number of halogens is 2. The summed E-state index contributed by atoms with van der Waals surface area (Å²) in [4.78, 5) is 74.2. The van der Waals surface area contributed by atoms with Crippen molar-refractivity contribution in [2.24, 2.45) is 5.92 Å². The summed E-state index contributed by atoms with van der Waals surface area (Å²) >= 11 is 6.13. The van der Waals surface area contributed by atoms with Crippen LogP contribution in [-0.4, -0.2) is 59.0 Å². The van der Waals surface area contributed by atoms with Gasteiger partial charge in [-0.2, -0.15) is 0 Å². The third kappa shape index (κ3) is 8.37. The van der Waals surface area contributed by atoms with Gasteiger partial charge in [0, 0.05) is 18.7 Å². The second kappa shape index (κ2) is 14.0. The largest absolute Gasteiger partial charge is 0.465 e. The number of hydrogen-bond acceptors (Lipinski definition) is 7. The Balaban J connectivity index is 2.32. The maximum absolute atomic E-state index is 13.2. The molecule has 0 radical (unpaired) electrons. The summed E-state index contributed by atoms with van der Waals surface area (Å²) in [5.41, 5.74) is 1.69. The number of nitrogens with zero attached hydrogens (tertiary/aromatic N) is 2. The second-order valence-corrected chi connectivity index (χ2v) is 8.95. The van der Waals surface area contributed by atoms with E-state index in [2.05, 4.69) is 16.1 Å². The van der Waals surface area contributed by atoms with Crippen LogP contribution >= 0.6 is 11.6 Å². The number of amides is 4. The SMILES string of the molecule is CCOC(=O)CN(NC(=O)C(C(C)C)n1cccc(NC(=O)c2ccc(NC(C)=O)c(Cl)c2)c1=O)C(=O)CF. The van der Waals surface area contributed by atoms with Crippen LogP contribution in [0.5, 0.6) is 0 Å². The Bertz CT molecular complexity index is 1310. The number of anilines is 2. The van der Waals surface area contributed by atoms with Crippen molar-refractivity contribution in [1.29, 1.82) is 0 Å². The first-order chi connectivity index (χ1) is 18.4. The van der Waals surface area contributed by atoms with Gasteiger partial charge in [0.15, 0.2) is 6.67 Å². The lowest BCUT2D eigenvalue weighted by Crippen LogP contribution is -2.53. The Morgan fingerprint density at radius 1 is 1.10 bits per heavy atom. The zero-order valence-corrected chi connectivity index (χ0v) is 22.5. The zero-order valence-electron chi connectivity index (χ0n) is 21.7. The molecule has 1 aromatic carbocycles. The average Bonchev–Trinajstić information content (AvgIpc) is 2.86. The summed E-state index contributed by atoms with van der Waals surface area (Å²) in [6, 6.07) is 5.70. The molecule has 0 aliphatic rings. The molecule has 14 heteroatoms. The molecule has 4 amide bonds. The number of rotatable bonds is 10. The number of carbonyl (C=O) groups is 5. The molecular weight excluding hydrogens is 537 g/mol. The van der Waals surface area contributed by atoms with Crippen molar-refractivity contribution in [3.05, 3.63) is 57.5 Å². The molecule has 12 nitrogen and oxygen atoms in total. The number of hydrogen-bond donors (Lipinski definition) is 3. The summed E-state index contributed by atoms with van der Waals surface area (Å²) < 4.78 is 18.9. The third-order valence-electron chi connectivity index (χ3n) is 5.22. The average molecular weight is 566 g/mol. The van der Waals surface area contributed by atoms with Gasteiger partial charge >= 0.3 is 5.97 Å². The van der Waals surface area contributed by atoms with Gasteiger partial charge in [0.25, 0.3) is 23.3 Å². The summed E-state index contributed by atoms with van der Waals surface area (Å²) in [5.74, 6) is -4.47. The topological polar surface area (TPSA) is 156 Å². The highest BCUT2D eigenvalue weighted by Gasteiger charge is 2.29. The molecule has 0 fully saturated rings. The van der Waals surface area contributed by atoms with Crippen molar-refractivity contribution in [2.45, 2.75) is 33.7 Å². The van der Waals surface area contributed by atoms with Gasteiger partial charge in [0.2, 0.25) is 5.91 Å². The Morgan fingerprint density at radius 3 is 2.36 bits per heavy atom. The van der Waals surface area contributed by atoms with Crippen molar-refractivity contribution < 1.29 is 33.1 Å². The highest BCUT2D eigenvalue weighted by Crippen LogP contribution is 2.24. The number of carbonyl (C=O) groups excluding carboxylic acids is 5. The minimum atomic E-state index is -1.48. The van der Waals surface area contributed by atoms with E-state index in [1.54, 1.807) is 20.8 Å². The van der Waals surface area contributed by atoms with Crippen LogP contribution in [-0.2, 0) is 23.9 Å². The number of pyridine rings is 1. The van der Waals surface area contributed by atoms with Gasteiger partial charge in [0.1, 0.15) is 18.3 Å². The number of aromatic nitrogens is 1. The maximum Gasteiger partial charge on any atom is 0.327 e. The summed E-state index contributed by atoms with van der Waals surface area (Å²) in [6.07, 6.45) is 1.31. The van der Waals surface area contributed by atoms with E-state index in [4.69, 9.17) is 16.3 Å². The normalized spacial score (nSPS) is 11.4. The molecule has 0 bridgehead atoms. The zero-order chi connectivity index (χ0) is 29.3. The fourth-order valence-corrected chi connectivity index (χ4v) is 3.74. The van der Waals surface area contributed by atoms with E-state index >= 15 is 0 Å². The van der Waals surface area contributed by atoms with Crippen LogP contribution < -0.4 is 21.6 Å². The van der Waals surface area contributed by atoms with Crippen LogP contribution in [0.1, 0.15) is 44.1 Å². The van der Waals surface area contributed by atoms with E-state index in [9.17, 15) is 33.2 Å². The number of nitrogens with one attached hydrogen (secondary N) is 3.